The van der Waals surface area contributed by atoms with Gasteiger partial charge in [-0.3, -0.25) is 13.9 Å². The van der Waals surface area contributed by atoms with Crippen LogP contribution in [0.5, 0.6) is 0 Å². The smallest absolute Gasteiger partial charge is 0.255 e. The van der Waals surface area contributed by atoms with Gasteiger partial charge in [-0.15, -0.1) is 11.3 Å². The lowest BCUT2D eigenvalue weighted by Gasteiger charge is -2.28. The number of carbonyl (C=O) groups excluding carboxylic acids is 2. The number of thiophene rings is 1. The molecule has 0 saturated heterocycles. The molecule has 1 aliphatic rings. The second-order valence-corrected chi connectivity index (χ2v) is 9.96. The van der Waals surface area contributed by atoms with Crippen molar-refractivity contribution in [2.45, 2.75) is 24.6 Å². The van der Waals surface area contributed by atoms with E-state index in [9.17, 15) is 18.0 Å². The largest absolute Gasteiger partial charge is 0.396 e. The van der Waals surface area contributed by atoms with Crippen molar-refractivity contribution in [3.8, 4) is 0 Å². The minimum atomic E-state index is -4.17. The van der Waals surface area contributed by atoms with Crippen molar-refractivity contribution in [1.29, 1.82) is 0 Å². The zero-order chi connectivity index (χ0) is 20.5. The number of hydrogen-bond donors (Lipinski definition) is 2. The highest BCUT2D eigenvalue weighted by Gasteiger charge is 2.48. The Labute approximate surface area is 172 Å². The average molecular weight is 443 g/mol. The van der Waals surface area contributed by atoms with Crippen LogP contribution in [0, 0.1) is 0 Å². The maximum Gasteiger partial charge on any atom is 0.255 e. The molecule has 1 amide bonds. The summed E-state index contributed by atoms with van der Waals surface area (Å²) in [4.78, 5) is 26.2. The Balaban J connectivity index is 1.84. The van der Waals surface area contributed by atoms with Crippen LogP contribution in [0.2, 0.25) is 5.02 Å². The minimum absolute atomic E-state index is 0.000377. The number of fused-ring (bicyclic) bond motifs is 1. The number of hydrogen-bond acceptors (Lipinski definition) is 6. The lowest BCUT2D eigenvalue weighted by Crippen LogP contribution is -2.52. The second kappa shape index (κ2) is 8.20. The number of benzene rings is 1. The van der Waals surface area contributed by atoms with Crippen LogP contribution in [0.1, 0.15) is 27.2 Å². The number of aryl methyl sites for hydroxylation is 1. The summed E-state index contributed by atoms with van der Waals surface area (Å²) in [5.41, 5.74) is 0.955. The van der Waals surface area contributed by atoms with Gasteiger partial charge in [-0.05, 0) is 36.6 Å². The molecule has 0 radical (unpaired) electrons. The number of amides is 1. The second-order valence-electron chi connectivity index (χ2n) is 6.36. The van der Waals surface area contributed by atoms with E-state index in [1.54, 1.807) is 30.3 Å². The van der Waals surface area contributed by atoms with Crippen LogP contribution in [0.25, 0.3) is 0 Å². The summed E-state index contributed by atoms with van der Waals surface area (Å²) in [5.74, 6) is -1.59. The summed E-state index contributed by atoms with van der Waals surface area (Å²) in [6.45, 7) is 0.0810. The van der Waals surface area contributed by atoms with Gasteiger partial charge >= 0.3 is 0 Å². The van der Waals surface area contributed by atoms with Crippen molar-refractivity contribution in [2.75, 3.05) is 18.0 Å². The van der Waals surface area contributed by atoms with E-state index in [-0.39, 0.29) is 18.7 Å². The van der Waals surface area contributed by atoms with Gasteiger partial charge in [0.1, 0.15) is 5.00 Å². The number of anilines is 1. The predicted molar refractivity (Wildman–Crippen MR) is 108 cm³/mol. The topological polar surface area (TPSA) is 104 Å². The molecule has 1 aliphatic heterocycles. The molecule has 10 heteroatoms. The van der Waals surface area contributed by atoms with Crippen molar-refractivity contribution in [2.24, 2.45) is 0 Å². The van der Waals surface area contributed by atoms with Gasteiger partial charge in [0.15, 0.2) is 5.78 Å². The van der Waals surface area contributed by atoms with Gasteiger partial charge in [-0.2, -0.15) is 0 Å². The summed E-state index contributed by atoms with van der Waals surface area (Å²) in [6.07, 6.45) is 1.04. The first kappa shape index (κ1) is 20.8. The van der Waals surface area contributed by atoms with Crippen LogP contribution < -0.4 is 9.62 Å². The molecule has 0 spiro atoms. The summed E-state index contributed by atoms with van der Waals surface area (Å²) in [7, 11) is -2.83. The molecule has 7 nitrogen and oxygen atoms in total. The molecule has 150 valence electrons. The van der Waals surface area contributed by atoms with Crippen LogP contribution in [0.4, 0.5) is 5.00 Å². The minimum Gasteiger partial charge on any atom is -0.396 e. The average Bonchev–Trinajstić information content (AvgIpc) is 3.08. The van der Waals surface area contributed by atoms with Gasteiger partial charge in [0, 0.05) is 30.1 Å². The van der Waals surface area contributed by atoms with Gasteiger partial charge in [0.25, 0.3) is 10.0 Å². The fourth-order valence-electron chi connectivity index (χ4n) is 2.91. The Kier molecular flexibility index (Phi) is 6.09. The number of sulfonamides is 1. The van der Waals surface area contributed by atoms with Crippen LogP contribution in [0.3, 0.4) is 0 Å². The highest BCUT2D eigenvalue weighted by molar-refractivity contribution is 7.95. The Morgan fingerprint density at radius 1 is 1.32 bits per heavy atom. The van der Waals surface area contributed by atoms with Crippen LogP contribution in [-0.2, 0) is 27.8 Å². The monoisotopic (exact) mass is 442 g/mol. The van der Waals surface area contributed by atoms with Crippen LogP contribution >= 0.6 is 22.9 Å². The number of rotatable bonds is 6. The van der Waals surface area contributed by atoms with E-state index in [4.69, 9.17) is 16.7 Å². The molecule has 28 heavy (non-hydrogen) atoms. The Hall–Kier alpha value is -1.94. The Morgan fingerprint density at radius 3 is 2.64 bits per heavy atom. The number of nitrogens with one attached hydrogen (secondary N) is 1. The van der Waals surface area contributed by atoms with Gasteiger partial charge in [-0.25, -0.2) is 8.42 Å². The predicted octanol–water partition coefficient (Wildman–Crippen LogP) is 1.97. The number of Topliss-reactive ketones (excluding diaryl/α,β-unsaturated/α-hetero) is 1. The molecule has 2 N–H and O–H groups in total. The van der Waals surface area contributed by atoms with Crippen molar-refractivity contribution in [3.05, 3.63) is 51.4 Å². The molecule has 1 aromatic heterocycles. The van der Waals surface area contributed by atoms with E-state index in [2.05, 4.69) is 5.32 Å². The number of carbonyl (C=O) groups is 2. The molecule has 2 heterocycles. The number of ketones is 1. The van der Waals surface area contributed by atoms with Crippen molar-refractivity contribution >= 4 is 49.7 Å². The summed E-state index contributed by atoms with van der Waals surface area (Å²) < 4.78 is 26.6. The first-order valence-electron chi connectivity index (χ1n) is 8.53. The normalized spacial score (nSPS) is 18.0. The van der Waals surface area contributed by atoms with Crippen LogP contribution in [-0.4, -0.2) is 44.1 Å². The molecule has 0 aliphatic carbocycles. The first-order chi connectivity index (χ1) is 13.3. The zero-order valence-electron chi connectivity index (χ0n) is 15.0. The molecule has 2 aromatic rings. The van der Waals surface area contributed by atoms with Crippen molar-refractivity contribution < 1.29 is 23.1 Å². The number of aliphatic hydroxyl groups is 1. The van der Waals surface area contributed by atoms with Crippen molar-refractivity contribution in [3.63, 3.8) is 0 Å². The fourth-order valence-corrected chi connectivity index (χ4v) is 5.92. The third kappa shape index (κ3) is 3.93. The molecule has 1 unspecified atom stereocenters. The zero-order valence-corrected chi connectivity index (χ0v) is 17.4. The van der Waals surface area contributed by atoms with E-state index >= 15 is 0 Å². The highest BCUT2D eigenvalue weighted by atomic mass is 35.5. The van der Waals surface area contributed by atoms with E-state index in [0.29, 0.717) is 22.9 Å². The lowest BCUT2D eigenvalue weighted by molar-refractivity contribution is -0.120. The number of halogens is 1. The number of nitrogens with zero attached hydrogens (tertiary/aromatic N) is 1. The van der Waals surface area contributed by atoms with E-state index in [1.165, 1.54) is 18.4 Å². The quantitative estimate of drug-likeness (QED) is 0.665. The first-order valence-corrected chi connectivity index (χ1v) is 11.2. The van der Waals surface area contributed by atoms with E-state index < -0.39 is 27.0 Å². The molecule has 1 atom stereocenters. The standard InChI is InChI=1S/C18H19ClN2O5S2/c1-21-18-14(9-13(27-18)3-2-8-22)15(23)16(28(21,25)26)17(24)20-10-11-4-6-12(19)7-5-11/h4-7,9,16,22H,2-3,8,10H2,1H3,(H,20,24). The third-order valence-corrected chi connectivity index (χ3v) is 8.04. The van der Waals surface area contributed by atoms with Gasteiger partial charge < -0.3 is 10.4 Å². The molecule has 0 bridgehead atoms. The van der Waals surface area contributed by atoms with Gasteiger partial charge in [-0.1, -0.05) is 23.7 Å². The molecular weight excluding hydrogens is 424 g/mol. The van der Waals surface area contributed by atoms with Crippen molar-refractivity contribution in [1.82, 2.24) is 5.32 Å². The molecular formula is C18H19ClN2O5S2. The third-order valence-electron chi connectivity index (χ3n) is 4.43. The highest BCUT2D eigenvalue weighted by Crippen LogP contribution is 2.39. The Bertz CT molecular complexity index is 1000. The van der Waals surface area contributed by atoms with Gasteiger partial charge in [0.05, 0.1) is 5.56 Å². The molecule has 0 saturated carbocycles. The van der Waals surface area contributed by atoms with Crippen LogP contribution in [0.15, 0.2) is 30.3 Å². The summed E-state index contributed by atoms with van der Waals surface area (Å²) >= 11 is 7.01. The maximum atomic E-state index is 12.8. The summed E-state index contributed by atoms with van der Waals surface area (Å²) in [6, 6.07) is 8.34. The fraction of sp³-hybridized carbons (Fsp3) is 0.333. The lowest BCUT2D eigenvalue weighted by atomic mass is 10.1. The van der Waals surface area contributed by atoms with Gasteiger partial charge in [0.2, 0.25) is 11.2 Å². The Morgan fingerprint density at radius 2 is 2.00 bits per heavy atom. The molecule has 0 fully saturated rings. The number of aliphatic hydroxyl groups excluding tert-OH is 1. The molecule has 1 aromatic carbocycles. The maximum absolute atomic E-state index is 12.8. The SMILES string of the molecule is CN1c2sc(CCCO)cc2C(=O)C(C(=O)NCc2ccc(Cl)cc2)S1(=O)=O. The summed E-state index contributed by atoms with van der Waals surface area (Å²) in [5, 5.41) is 10.5. The molecule has 3 rings (SSSR count). The van der Waals surface area contributed by atoms with E-state index in [1.807, 2.05) is 0 Å². The van der Waals surface area contributed by atoms with E-state index in [0.717, 1.165) is 14.7 Å².